The highest BCUT2D eigenvalue weighted by Crippen LogP contribution is 2.41. The van der Waals surface area contributed by atoms with Gasteiger partial charge in [0.2, 0.25) is 0 Å². The monoisotopic (exact) mass is 542 g/mol. The molecule has 1 N–H and O–H groups in total. The van der Waals surface area contributed by atoms with Gasteiger partial charge in [-0.15, -0.1) is 0 Å². The highest BCUT2D eigenvalue weighted by atomic mass is 19.1. The van der Waals surface area contributed by atoms with Crippen molar-refractivity contribution >= 4 is 0 Å². The fourth-order valence-corrected chi connectivity index (χ4v) is 5.37. The molecule has 3 unspecified atom stereocenters. The Hall–Kier alpha value is -0.510. The van der Waals surface area contributed by atoms with Crippen LogP contribution in [0.2, 0.25) is 0 Å². The quantitative estimate of drug-likeness (QED) is 0.446. The van der Waals surface area contributed by atoms with Crippen molar-refractivity contribution in [1.29, 1.82) is 0 Å². The molecule has 220 valence electrons. The van der Waals surface area contributed by atoms with Gasteiger partial charge in [-0.1, -0.05) is 0 Å². The van der Waals surface area contributed by atoms with Crippen LogP contribution in [0.3, 0.4) is 0 Å². The highest BCUT2D eigenvalue weighted by Gasteiger charge is 2.60. The van der Waals surface area contributed by atoms with Crippen molar-refractivity contribution in [3.63, 3.8) is 0 Å². The van der Waals surface area contributed by atoms with Gasteiger partial charge in [-0.3, -0.25) is 0 Å². The first-order chi connectivity index (χ1) is 17.6. The summed E-state index contributed by atoms with van der Waals surface area (Å²) in [5, 5.41) is 9.55. The summed E-state index contributed by atoms with van der Waals surface area (Å²) < 4.78 is 65.8. The van der Waals surface area contributed by atoms with E-state index >= 15 is 0 Å². The molecule has 2 bridgehead atoms. The molecule has 11 nitrogen and oxygen atoms in total. The molecule has 0 radical (unpaired) electrons. The van der Waals surface area contributed by atoms with Crippen molar-refractivity contribution < 1.29 is 56.9 Å². The summed E-state index contributed by atoms with van der Waals surface area (Å²) in [6, 6.07) is 0. The topological polar surface area (TPSA) is 113 Å². The Labute approximate surface area is 220 Å². The summed E-state index contributed by atoms with van der Waals surface area (Å²) in [5.41, 5.74) is -0.367. The average molecular weight is 543 g/mol. The molecular weight excluding hydrogens is 495 g/mol. The molecular formula is C25H47FO11. The number of halogens is 1. The summed E-state index contributed by atoms with van der Waals surface area (Å²) in [4.78, 5) is 0. The number of alkyl halides is 1. The van der Waals surface area contributed by atoms with E-state index in [1.807, 2.05) is 13.8 Å². The molecule has 12 heteroatoms. The van der Waals surface area contributed by atoms with Gasteiger partial charge in [0.25, 0.3) is 0 Å². The summed E-state index contributed by atoms with van der Waals surface area (Å²) in [6.07, 6.45) is -3.14. The Morgan fingerprint density at radius 1 is 0.784 bits per heavy atom. The second-order valence-electron chi connectivity index (χ2n) is 9.76. The van der Waals surface area contributed by atoms with E-state index in [0.29, 0.717) is 26.4 Å². The lowest BCUT2D eigenvalue weighted by Crippen LogP contribution is -2.45. The fourth-order valence-electron chi connectivity index (χ4n) is 5.37. The van der Waals surface area contributed by atoms with E-state index in [4.69, 9.17) is 47.4 Å². The van der Waals surface area contributed by atoms with Gasteiger partial charge in [0.05, 0.1) is 44.7 Å². The van der Waals surface area contributed by atoms with Crippen LogP contribution in [0.5, 0.6) is 0 Å². The van der Waals surface area contributed by atoms with Crippen molar-refractivity contribution in [2.75, 3.05) is 69.1 Å². The zero-order chi connectivity index (χ0) is 27.8. The number of aliphatic hydroxyl groups is 1. The van der Waals surface area contributed by atoms with Crippen LogP contribution >= 0.6 is 0 Å². The normalized spacial score (nSPS) is 44.4. The zero-order valence-corrected chi connectivity index (χ0v) is 23.6. The average Bonchev–Trinajstić information content (AvgIpc) is 3.53. The zero-order valence-electron chi connectivity index (χ0n) is 23.6. The van der Waals surface area contributed by atoms with Gasteiger partial charge in [0.1, 0.15) is 48.3 Å². The number of methoxy groups -OCH3 is 6. The van der Waals surface area contributed by atoms with Crippen molar-refractivity contribution in [3.8, 4) is 0 Å². The largest absolute Gasteiger partial charge is 0.388 e. The van der Waals surface area contributed by atoms with Crippen LogP contribution in [0.4, 0.5) is 4.39 Å². The van der Waals surface area contributed by atoms with Gasteiger partial charge >= 0.3 is 0 Å². The standard InChI is InChI=1S/C9H16O4.C8H15FO3.C8H16O4/c1-6-7-8(11-3)9(13-6,4-10-2)5-12-7;2*1-5-7(9)8(11-3)6(12-5)4-10-2/h6-8H,4-5H2,1-3H3;5-8H,4H2,1-3H3;5-9H,4H2,1-3H3/t6-,7+,8?,9-;2*5-,6+,7+,8?/m000/s1. The second-order valence-corrected chi connectivity index (χ2v) is 9.76. The number of ether oxygens (including phenoxy) is 10. The number of rotatable bonds is 9. The molecule has 0 aromatic heterocycles. The van der Waals surface area contributed by atoms with Crippen LogP contribution < -0.4 is 0 Å². The Bertz CT molecular complexity index is 614. The Balaban J connectivity index is 0.000000195. The van der Waals surface area contributed by atoms with Crippen LogP contribution in [0.25, 0.3) is 0 Å². The maximum Gasteiger partial charge on any atom is 0.154 e. The molecule has 12 atom stereocenters. The molecule has 0 amide bonds. The van der Waals surface area contributed by atoms with Crippen LogP contribution in [-0.2, 0) is 47.4 Å². The Kier molecular flexibility index (Phi) is 13.5. The molecule has 0 aromatic rings. The first-order valence-corrected chi connectivity index (χ1v) is 12.6. The van der Waals surface area contributed by atoms with E-state index in [-0.39, 0.29) is 48.3 Å². The number of aliphatic hydroxyl groups excluding tert-OH is 1. The third kappa shape index (κ3) is 7.57. The lowest BCUT2D eigenvalue weighted by molar-refractivity contribution is -0.161. The fraction of sp³-hybridized carbons (Fsp3) is 1.00. The van der Waals surface area contributed by atoms with Crippen molar-refractivity contribution in [3.05, 3.63) is 0 Å². The first kappa shape index (κ1) is 32.7. The van der Waals surface area contributed by atoms with Crippen LogP contribution in [-0.4, -0.2) is 147 Å². The summed E-state index contributed by atoms with van der Waals surface area (Å²) in [5.74, 6) is 0. The molecule has 0 aromatic carbocycles. The van der Waals surface area contributed by atoms with E-state index in [1.54, 1.807) is 42.5 Å². The number of hydrogen-bond donors (Lipinski definition) is 1. The van der Waals surface area contributed by atoms with Gasteiger partial charge in [-0.2, -0.15) is 0 Å². The van der Waals surface area contributed by atoms with Crippen LogP contribution in [0.1, 0.15) is 20.8 Å². The molecule has 4 aliphatic heterocycles. The Morgan fingerprint density at radius 2 is 1.35 bits per heavy atom. The van der Waals surface area contributed by atoms with Gasteiger partial charge in [-0.25, -0.2) is 4.39 Å². The third-order valence-electron chi connectivity index (χ3n) is 7.16. The third-order valence-corrected chi connectivity index (χ3v) is 7.16. The number of fused-ring (bicyclic) bond motifs is 2. The first-order valence-electron chi connectivity index (χ1n) is 12.6. The van der Waals surface area contributed by atoms with Gasteiger partial charge in [0, 0.05) is 42.7 Å². The molecule has 4 heterocycles. The summed E-state index contributed by atoms with van der Waals surface area (Å²) in [7, 11) is 9.58. The summed E-state index contributed by atoms with van der Waals surface area (Å²) >= 11 is 0. The van der Waals surface area contributed by atoms with E-state index in [0.717, 1.165) is 0 Å². The predicted octanol–water partition coefficient (Wildman–Crippen LogP) is 0.773. The smallest absolute Gasteiger partial charge is 0.154 e. The van der Waals surface area contributed by atoms with Gasteiger partial charge in [0.15, 0.2) is 6.17 Å². The van der Waals surface area contributed by atoms with Gasteiger partial charge < -0.3 is 52.5 Å². The van der Waals surface area contributed by atoms with E-state index in [1.165, 1.54) is 7.11 Å². The lowest BCUT2D eigenvalue weighted by atomic mass is 10.00. The molecule has 4 aliphatic rings. The molecule has 4 saturated heterocycles. The van der Waals surface area contributed by atoms with E-state index < -0.39 is 24.5 Å². The minimum atomic E-state index is -1.05. The summed E-state index contributed by atoms with van der Waals surface area (Å²) in [6.45, 7) is 7.48. The minimum absolute atomic E-state index is 0.0162. The maximum atomic E-state index is 13.2. The molecule has 37 heavy (non-hydrogen) atoms. The molecule has 0 saturated carbocycles. The highest BCUT2D eigenvalue weighted by molar-refractivity contribution is 5.07. The SMILES string of the molecule is COC[C@H]1O[C@@H](C)[C@@H](F)C1OC.COC[C@H]1O[C@@H](C)[C@@H](O)C1OC.COC[C@]12CO[C@@H](C1OC)[C@H](C)O2. The van der Waals surface area contributed by atoms with E-state index in [9.17, 15) is 9.50 Å². The Morgan fingerprint density at radius 3 is 1.84 bits per heavy atom. The van der Waals surface area contributed by atoms with Crippen molar-refractivity contribution in [2.45, 2.75) is 93.6 Å². The van der Waals surface area contributed by atoms with Crippen LogP contribution in [0.15, 0.2) is 0 Å². The minimum Gasteiger partial charge on any atom is -0.388 e. The van der Waals surface area contributed by atoms with Crippen molar-refractivity contribution in [1.82, 2.24) is 0 Å². The van der Waals surface area contributed by atoms with Crippen molar-refractivity contribution in [2.24, 2.45) is 0 Å². The number of hydrogen-bond acceptors (Lipinski definition) is 11. The molecule has 4 fully saturated rings. The lowest BCUT2D eigenvalue weighted by Gasteiger charge is -2.29. The predicted molar refractivity (Wildman–Crippen MR) is 131 cm³/mol. The van der Waals surface area contributed by atoms with Gasteiger partial charge in [-0.05, 0) is 20.8 Å². The molecule has 0 spiro atoms. The molecule has 4 rings (SSSR count). The second kappa shape index (κ2) is 15.3. The van der Waals surface area contributed by atoms with Crippen LogP contribution in [0, 0.1) is 0 Å². The van der Waals surface area contributed by atoms with E-state index in [2.05, 4.69) is 0 Å². The molecule has 0 aliphatic carbocycles. The maximum absolute atomic E-state index is 13.2.